The fourth-order valence-corrected chi connectivity index (χ4v) is 2.26. The Labute approximate surface area is 118 Å². The predicted molar refractivity (Wildman–Crippen MR) is 79.1 cm³/mol. The van der Waals surface area contributed by atoms with Crippen molar-refractivity contribution in [1.82, 2.24) is 4.57 Å². The Morgan fingerprint density at radius 3 is 2.60 bits per heavy atom. The number of aromatic nitrogens is 1. The molecule has 1 heterocycles. The van der Waals surface area contributed by atoms with Gasteiger partial charge >= 0.3 is 5.97 Å². The van der Waals surface area contributed by atoms with E-state index in [1.165, 1.54) is 5.69 Å². The molecule has 4 nitrogen and oxygen atoms in total. The van der Waals surface area contributed by atoms with E-state index in [4.69, 9.17) is 10.8 Å². The minimum absolute atomic E-state index is 0.350. The number of carboxylic acid groups (broad SMARTS) is 1. The number of nitrogens with zero attached hydrogens (tertiary/aromatic N) is 1. The van der Waals surface area contributed by atoms with Gasteiger partial charge in [-0.1, -0.05) is 25.5 Å². The van der Waals surface area contributed by atoms with Crippen LogP contribution < -0.4 is 5.73 Å². The second-order valence-electron chi connectivity index (χ2n) is 4.93. The summed E-state index contributed by atoms with van der Waals surface area (Å²) in [5.74, 6) is -0.968. The molecule has 0 aliphatic carbocycles. The van der Waals surface area contributed by atoms with Crippen LogP contribution in [0.4, 0.5) is 0 Å². The summed E-state index contributed by atoms with van der Waals surface area (Å²) in [7, 11) is 0. The zero-order chi connectivity index (χ0) is 14.5. The fraction of sp³-hybridized carbons (Fsp3) is 0.312. The Kier molecular flexibility index (Phi) is 4.58. The third-order valence-corrected chi connectivity index (χ3v) is 3.33. The van der Waals surface area contributed by atoms with Crippen LogP contribution in [-0.4, -0.2) is 21.7 Å². The molecule has 0 aliphatic heterocycles. The normalized spacial score (nSPS) is 12.3. The molecule has 0 unspecified atom stereocenters. The summed E-state index contributed by atoms with van der Waals surface area (Å²) >= 11 is 0. The summed E-state index contributed by atoms with van der Waals surface area (Å²) in [5.41, 5.74) is 8.85. The molecule has 106 valence electrons. The van der Waals surface area contributed by atoms with Gasteiger partial charge in [-0.3, -0.25) is 4.79 Å². The lowest BCUT2D eigenvalue weighted by molar-refractivity contribution is -0.138. The molecular formula is C16H20N2O2. The van der Waals surface area contributed by atoms with E-state index in [0.29, 0.717) is 6.42 Å². The molecule has 2 aromatic rings. The Balaban J connectivity index is 2.15. The van der Waals surface area contributed by atoms with E-state index in [1.807, 2.05) is 36.5 Å². The highest BCUT2D eigenvalue weighted by Crippen LogP contribution is 2.15. The number of nitrogens with two attached hydrogens (primary N) is 1. The first kappa shape index (κ1) is 14.3. The second-order valence-corrected chi connectivity index (χ2v) is 4.93. The van der Waals surface area contributed by atoms with Gasteiger partial charge in [0.2, 0.25) is 0 Å². The number of hydrogen-bond donors (Lipinski definition) is 2. The lowest BCUT2D eigenvalue weighted by atomic mass is 10.1. The number of aliphatic carboxylic acids is 1. The summed E-state index contributed by atoms with van der Waals surface area (Å²) in [6, 6.07) is 11.2. The molecular weight excluding hydrogens is 252 g/mol. The van der Waals surface area contributed by atoms with Gasteiger partial charge < -0.3 is 15.4 Å². The van der Waals surface area contributed by atoms with Crippen molar-refractivity contribution in [3.05, 3.63) is 53.9 Å². The van der Waals surface area contributed by atoms with E-state index in [1.54, 1.807) is 0 Å². The average Bonchev–Trinajstić information content (AvgIpc) is 2.88. The van der Waals surface area contributed by atoms with Crippen LogP contribution in [0.25, 0.3) is 5.69 Å². The SMILES string of the molecule is CCCc1cccn1-c1ccc(C[C@H](N)C(=O)O)cc1. The minimum Gasteiger partial charge on any atom is -0.480 e. The van der Waals surface area contributed by atoms with Gasteiger partial charge in [0, 0.05) is 17.6 Å². The summed E-state index contributed by atoms with van der Waals surface area (Å²) in [6.45, 7) is 2.16. The van der Waals surface area contributed by atoms with Crippen molar-refractivity contribution in [1.29, 1.82) is 0 Å². The predicted octanol–water partition coefficient (Wildman–Crippen LogP) is 2.38. The standard InChI is InChI=1S/C16H20N2O2/c1-2-4-13-5-3-10-18(13)14-8-6-12(7-9-14)11-15(17)16(19)20/h3,5-10,15H,2,4,11,17H2,1H3,(H,19,20)/t15-/m0/s1. The van der Waals surface area contributed by atoms with Crippen molar-refractivity contribution in [2.75, 3.05) is 0 Å². The molecule has 1 aromatic heterocycles. The largest absolute Gasteiger partial charge is 0.480 e. The molecule has 2 rings (SSSR count). The summed E-state index contributed by atoms with van der Waals surface area (Å²) in [4.78, 5) is 10.7. The molecule has 0 radical (unpaired) electrons. The van der Waals surface area contributed by atoms with Gasteiger partial charge in [0.25, 0.3) is 0 Å². The molecule has 0 fully saturated rings. The lowest BCUT2D eigenvalue weighted by Gasteiger charge is -2.11. The van der Waals surface area contributed by atoms with Crippen LogP contribution in [0.15, 0.2) is 42.6 Å². The second kappa shape index (κ2) is 6.39. The van der Waals surface area contributed by atoms with Crippen molar-refractivity contribution in [3.8, 4) is 5.69 Å². The molecule has 0 bridgehead atoms. The van der Waals surface area contributed by atoms with Crippen molar-refractivity contribution < 1.29 is 9.90 Å². The Hall–Kier alpha value is -2.07. The summed E-state index contributed by atoms with van der Waals surface area (Å²) in [5, 5.41) is 8.81. The Bertz CT molecular complexity index is 572. The number of aryl methyl sites for hydroxylation is 1. The summed E-state index contributed by atoms with van der Waals surface area (Å²) in [6.07, 6.45) is 4.54. The van der Waals surface area contributed by atoms with E-state index in [0.717, 1.165) is 24.1 Å². The maximum atomic E-state index is 10.7. The molecule has 0 saturated carbocycles. The number of rotatable bonds is 6. The fourth-order valence-electron chi connectivity index (χ4n) is 2.26. The minimum atomic E-state index is -0.968. The smallest absolute Gasteiger partial charge is 0.320 e. The maximum absolute atomic E-state index is 10.7. The third-order valence-electron chi connectivity index (χ3n) is 3.33. The zero-order valence-corrected chi connectivity index (χ0v) is 11.6. The Morgan fingerprint density at radius 1 is 1.30 bits per heavy atom. The quantitative estimate of drug-likeness (QED) is 0.848. The number of hydrogen-bond acceptors (Lipinski definition) is 2. The molecule has 0 amide bonds. The first-order chi connectivity index (χ1) is 9.61. The third kappa shape index (κ3) is 3.27. The van der Waals surface area contributed by atoms with Crippen molar-refractivity contribution in [2.45, 2.75) is 32.2 Å². The van der Waals surface area contributed by atoms with Gasteiger partial charge in [-0.05, 0) is 42.7 Å². The van der Waals surface area contributed by atoms with E-state index in [-0.39, 0.29) is 0 Å². The van der Waals surface area contributed by atoms with Crippen LogP contribution in [-0.2, 0) is 17.6 Å². The Morgan fingerprint density at radius 2 is 2.00 bits per heavy atom. The molecule has 1 atom stereocenters. The molecule has 0 spiro atoms. The maximum Gasteiger partial charge on any atom is 0.320 e. The van der Waals surface area contributed by atoms with E-state index in [2.05, 4.69) is 17.6 Å². The van der Waals surface area contributed by atoms with Crippen LogP contribution in [0.2, 0.25) is 0 Å². The van der Waals surface area contributed by atoms with Crippen LogP contribution >= 0.6 is 0 Å². The van der Waals surface area contributed by atoms with E-state index in [9.17, 15) is 4.79 Å². The van der Waals surface area contributed by atoms with Crippen molar-refractivity contribution in [3.63, 3.8) is 0 Å². The lowest BCUT2D eigenvalue weighted by Crippen LogP contribution is -2.32. The van der Waals surface area contributed by atoms with Crippen molar-refractivity contribution >= 4 is 5.97 Å². The molecule has 4 heteroatoms. The first-order valence-corrected chi connectivity index (χ1v) is 6.85. The topological polar surface area (TPSA) is 68.2 Å². The number of benzene rings is 1. The van der Waals surface area contributed by atoms with Crippen LogP contribution in [0, 0.1) is 0 Å². The molecule has 0 saturated heterocycles. The zero-order valence-electron chi connectivity index (χ0n) is 11.6. The van der Waals surface area contributed by atoms with Gasteiger partial charge in [-0.2, -0.15) is 0 Å². The van der Waals surface area contributed by atoms with Crippen LogP contribution in [0.3, 0.4) is 0 Å². The summed E-state index contributed by atoms with van der Waals surface area (Å²) < 4.78 is 2.16. The highest BCUT2D eigenvalue weighted by Gasteiger charge is 2.12. The van der Waals surface area contributed by atoms with Crippen molar-refractivity contribution in [2.24, 2.45) is 5.73 Å². The highest BCUT2D eigenvalue weighted by molar-refractivity contribution is 5.73. The molecule has 20 heavy (non-hydrogen) atoms. The van der Waals surface area contributed by atoms with E-state index >= 15 is 0 Å². The molecule has 0 aliphatic rings. The highest BCUT2D eigenvalue weighted by atomic mass is 16.4. The van der Waals surface area contributed by atoms with Gasteiger partial charge in [0.1, 0.15) is 6.04 Å². The van der Waals surface area contributed by atoms with E-state index < -0.39 is 12.0 Å². The monoisotopic (exact) mass is 272 g/mol. The van der Waals surface area contributed by atoms with Gasteiger partial charge in [-0.15, -0.1) is 0 Å². The molecule has 3 N–H and O–H groups in total. The van der Waals surface area contributed by atoms with Gasteiger partial charge in [-0.25, -0.2) is 0 Å². The molecule has 1 aromatic carbocycles. The number of carbonyl (C=O) groups is 1. The van der Waals surface area contributed by atoms with Gasteiger partial charge in [0.15, 0.2) is 0 Å². The number of carboxylic acids is 1. The first-order valence-electron chi connectivity index (χ1n) is 6.85. The van der Waals surface area contributed by atoms with Crippen LogP contribution in [0.1, 0.15) is 24.6 Å². The average molecular weight is 272 g/mol. The van der Waals surface area contributed by atoms with Crippen LogP contribution in [0.5, 0.6) is 0 Å². The van der Waals surface area contributed by atoms with Gasteiger partial charge in [0.05, 0.1) is 0 Å².